The molecule has 1 atom stereocenters. The van der Waals surface area contributed by atoms with Crippen LogP contribution in [0, 0.1) is 10.5 Å². The molecular formula is C12H13I2NO3. The highest BCUT2D eigenvalue weighted by Gasteiger charge is 2.17. The van der Waals surface area contributed by atoms with Crippen LogP contribution in [0.1, 0.15) is 15.9 Å². The molecule has 1 N–H and O–H groups in total. The van der Waals surface area contributed by atoms with Crippen molar-refractivity contribution < 1.29 is 14.3 Å². The number of alkyl halides is 1. The minimum absolute atomic E-state index is 0.173. The lowest BCUT2D eigenvalue weighted by Gasteiger charge is -2.11. The molecule has 0 spiro atoms. The zero-order valence-corrected chi connectivity index (χ0v) is 14.3. The summed E-state index contributed by atoms with van der Waals surface area (Å²) in [5.74, 6) is -0.511. The Labute approximate surface area is 133 Å². The van der Waals surface area contributed by atoms with Crippen molar-refractivity contribution in [1.82, 2.24) is 5.32 Å². The van der Waals surface area contributed by atoms with Gasteiger partial charge in [-0.05, 0) is 41.1 Å². The molecule has 98 valence electrons. The predicted octanol–water partition coefficient (Wildman–Crippen LogP) is 2.31. The largest absolute Gasteiger partial charge is 0.468 e. The van der Waals surface area contributed by atoms with Crippen LogP contribution < -0.4 is 5.32 Å². The third kappa shape index (κ3) is 4.08. The summed E-state index contributed by atoms with van der Waals surface area (Å²) in [6, 6.07) is 5.56. The van der Waals surface area contributed by atoms with Crippen LogP contribution in [0.2, 0.25) is 0 Å². The van der Waals surface area contributed by atoms with Crippen LogP contribution in [-0.4, -0.2) is 29.5 Å². The van der Waals surface area contributed by atoms with Gasteiger partial charge in [0, 0.05) is 10.1 Å². The maximum Gasteiger partial charge on any atom is 0.320 e. The van der Waals surface area contributed by atoms with E-state index >= 15 is 0 Å². The van der Waals surface area contributed by atoms with Crippen LogP contribution in [0.5, 0.6) is 0 Å². The predicted molar refractivity (Wildman–Crippen MR) is 86.1 cm³/mol. The van der Waals surface area contributed by atoms with Crippen LogP contribution in [0.15, 0.2) is 18.2 Å². The molecule has 18 heavy (non-hydrogen) atoms. The van der Waals surface area contributed by atoms with E-state index in [2.05, 4.69) is 32.6 Å². The zero-order valence-electron chi connectivity index (χ0n) is 10.00. The minimum atomic E-state index is -0.376. The molecule has 1 amide bonds. The van der Waals surface area contributed by atoms with E-state index in [1.165, 1.54) is 7.11 Å². The topological polar surface area (TPSA) is 55.4 Å². The molecule has 0 aliphatic heterocycles. The number of esters is 1. The summed E-state index contributed by atoms with van der Waals surface area (Å²) in [6.07, 6.45) is 0. The summed E-state index contributed by atoms with van der Waals surface area (Å²) >= 11 is 4.09. The lowest BCUT2D eigenvalue weighted by Crippen LogP contribution is -2.34. The van der Waals surface area contributed by atoms with Gasteiger partial charge in [-0.2, -0.15) is 0 Å². The number of benzene rings is 1. The fourth-order valence-corrected chi connectivity index (χ4v) is 2.39. The van der Waals surface area contributed by atoms with E-state index in [1.54, 1.807) is 6.07 Å². The van der Waals surface area contributed by atoms with Crippen LogP contribution in [0.25, 0.3) is 0 Å². The quantitative estimate of drug-likeness (QED) is 0.415. The molecule has 1 unspecified atom stereocenters. The average Bonchev–Trinajstić information content (AvgIpc) is 2.37. The Morgan fingerprint density at radius 1 is 1.44 bits per heavy atom. The van der Waals surface area contributed by atoms with Gasteiger partial charge in [-0.3, -0.25) is 9.59 Å². The van der Waals surface area contributed by atoms with E-state index in [0.29, 0.717) is 5.56 Å². The summed E-state index contributed by atoms with van der Waals surface area (Å²) in [6.45, 7) is 2.21. The number of carbonyl (C=O) groups is 2. The fourth-order valence-electron chi connectivity index (χ4n) is 1.31. The van der Waals surface area contributed by atoms with Crippen LogP contribution >= 0.6 is 45.2 Å². The monoisotopic (exact) mass is 473 g/mol. The molecule has 1 aromatic rings. The number of aryl methyl sites for hydroxylation is 1. The van der Waals surface area contributed by atoms with Crippen molar-refractivity contribution in [3.05, 3.63) is 32.9 Å². The zero-order chi connectivity index (χ0) is 13.7. The van der Waals surface area contributed by atoms with Gasteiger partial charge in [0.05, 0.1) is 12.7 Å². The van der Waals surface area contributed by atoms with Gasteiger partial charge < -0.3 is 10.1 Å². The Kier molecular flexibility index (Phi) is 6.33. The van der Waals surface area contributed by atoms with Crippen molar-refractivity contribution in [3.8, 4) is 0 Å². The van der Waals surface area contributed by atoms with Crippen LogP contribution in [-0.2, 0) is 9.53 Å². The Balaban J connectivity index is 2.66. The number of rotatable bonds is 4. The second-order valence-electron chi connectivity index (χ2n) is 3.64. The summed E-state index contributed by atoms with van der Waals surface area (Å²) in [5.41, 5.74) is 1.69. The first-order valence-electron chi connectivity index (χ1n) is 5.22. The molecule has 1 aromatic carbocycles. The van der Waals surface area contributed by atoms with E-state index < -0.39 is 0 Å². The Hall–Kier alpha value is -0.380. The van der Waals surface area contributed by atoms with Gasteiger partial charge >= 0.3 is 5.97 Å². The number of hydrogen-bond donors (Lipinski definition) is 1. The molecule has 0 heterocycles. The Morgan fingerprint density at radius 2 is 2.11 bits per heavy atom. The van der Waals surface area contributed by atoms with Gasteiger partial charge in [-0.25, -0.2) is 0 Å². The van der Waals surface area contributed by atoms with Crippen molar-refractivity contribution in [2.45, 2.75) is 10.8 Å². The molecule has 4 nitrogen and oxygen atoms in total. The molecule has 0 bridgehead atoms. The summed E-state index contributed by atoms with van der Waals surface area (Å²) < 4.78 is 5.14. The van der Waals surface area contributed by atoms with E-state index in [9.17, 15) is 9.59 Å². The molecule has 0 fully saturated rings. The van der Waals surface area contributed by atoms with Crippen molar-refractivity contribution in [2.24, 2.45) is 0 Å². The number of methoxy groups -OCH3 is 1. The van der Waals surface area contributed by atoms with Gasteiger partial charge in [-0.15, -0.1) is 0 Å². The molecule has 0 aliphatic carbocycles. The summed E-state index contributed by atoms with van der Waals surface area (Å²) in [4.78, 5) is 23.2. The normalized spacial score (nSPS) is 11.8. The average molecular weight is 473 g/mol. The van der Waals surface area contributed by atoms with Gasteiger partial charge in [0.15, 0.2) is 0 Å². The van der Waals surface area contributed by atoms with Gasteiger partial charge in [0.25, 0.3) is 5.91 Å². The molecule has 1 rings (SSSR count). The van der Waals surface area contributed by atoms with Crippen molar-refractivity contribution in [1.29, 1.82) is 0 Å². The second kappa shape index (κ2) is 7.27. The van der Waals surface area contributed by atoms with Crippen LogP contribution in [0.4, 0.5) is 0 Å². The number of hydrogen-bond acceptors (Lipinski definition) is 3. The van der Waals surface area contributed by atoms with Crippen molar-refractivity contribution in [3.63, 3.8) is 0 Å². The maximum absolute atomic E-state index is 12.0. The number of halogens is 2. The van der Waals surface area contributed by atoms with Crippen LogP contribution in [0.3, 0.4) is 0 Å². The Bertz CT molecular complexity index is 463. The molecule has 0 saturated heterocycles. The van der Waals surface area contributed by atoms with Gasteiger partial charge in [0.1, 0.15) is 3.92 Å². The molecule has 0 saturated carbocycles. The first-order chi connectivity index (χ1) is 8.47. The number of nitrogens with one attached hydrogen (secondary N) is 1. The fraction of sp³-hybridized carbons (Fsp3) is 0.333. The van der Waals surface area contributed by atoms with Gasteiger partial charge in [-0.1, -0.05) is 34.7 Å². The van der Waals surface area contributed by atoms with E-state index in [4.69, 9.17) is 0 Å². The highest BCUT2D eigenvalue weighted by atomic mass is 127. The standard InChI is InChI=1S/C12H13I2NO3/c1-7-4-3-5-8(10(7)14)11(16)15-6-9(13)12(17)18-2/h3-5,9H,6H2,1-2H3,(H,15,16). The molecule has 0 aromatic heterocycles. The summed E-state index contributed by atoms with van der Waals surface area (Å²) in [7, 11) is 1.33. The molecule has 6 heteroatoms. The van der Waals surface area contributed by atoms with E-state index in [-0.39, 0.29) is 22.3 Å². The third-order valence-corrected chi connectivity index (χ3v) is 4.72. The minimum Gasteiger partial charge on any atom is -0.468 e. The number of ether oxygens (including phenoxy) is 1. The maximum atomic E-state index is 12.0. The van der Waals surface area contributed by atoms with Crippen molar-refractivity contribution >= 4 is 57.1 Å². The Morgan fingerprint density at radius 3 is 2.72 bits per heavy atom. The first-order valence-corrected chi connectivity index (χ1v) is 7.55. The SMILES string of the molecule is COC(=O)C(I)CNC(=O)c1cccc(C)c1I. The van der Waals surface area contributed by atoms with E-state index in [0.717, 1.165) is 9.13 Å². The van der Waals surface area contributed by atoms with E-state index in [1.807, 2.05) is 41.6 Å². The lowest BCUT2D eigenvalue weighted by molar-refractivity contribution is -0.139. The molecular weight excluding hydrogens is 460 g/mol. The molecule has 0 radical (unpaired) electrons. The van der Waals surface area contributed by atoms with Gasteiger partial charge in [0.2, 0.25) is 0 Å². The van der Waals surface area contributed by atoms with Crippen molar-refractivity contribution in [2.75, 3.05) is 13.7 Å². The smallest absolute Gasteiger partial charge is 0.320 e. The third-order valence-electron chi connectivity index (χ3n) is 2.34. The lowest BCUT2D eigenvalue weighted by atomic mass is 10.1. The summed E-state index contributed by atoms with van der Waals surface area (Å²) in [5, 5.41) is 2.73. The number of amides is 1. The number of carbonyl (C=O) groups excluding carboxylic acids is 2. The second-order valence-corrected chi connectivity index (χ2v) is 6.22. The first kappa shape index (κ1) is 15.7. The highest BCUT2D eigenvalue weighted by molar-refractivity contribution is 14.1. The molecule has 0 aliphatic rings. The highest BCUT2D eigenvalue weighted by Crippen LogP contribution is 2.16.